The highest BCUT2D eigenvalue weighted by molar-refractivity contribution is 5.93. The number of carbonyl (C=O) groups excluding carboxylic acids is 1. The lowest BCUT2D eigenvalue weighted by Gasteiger charge is -2.41. The van der Waals surface area contributed by atoms with Crippen molar-refractivity contribution >= 4 is 11.6 Å². The van der Waals surface area contributed by atoms with Crippen LogP contribution < -0.4 is 4.90 Å². The molecule has 1 fully saturated rings. The number of likely N-dealkylation sites (tertiary alicyclic amines) is 1. The number of benzene rings is 2. The van der Waals surface area contributed by atoms with Gasteiger partial charge in [-0.3, -0.25) is 4.79 Å². The van der Waals surface area contributed by atoms with E-state index in [2.05, 4.69) is 11.8 Å². The average molecular weight is 381 g/mol. The Morgan fingerprint density at radius 1 is 1.14 bits per heavy atom. The van der Waals surface area contributed by atoms with Crippen LogP contribution in [0.5, 0.6) is 0 Å². The van der Waals surface area contributed by atoms with Gasteiger partial charge in [-0.05, 0) is 49.9 Å². The van der Waals surface area contributed by atoms with E-state index in [4.69, 9.17) is 0 Å². The van der Waals surface area contributed by atoms with E-state index in [-0.39, 0.29) is 11.9 Å². The highest BCUT2D eigenvalue weighted by Crippen LogP contribution is 2.28. The molecule has 0 bridgehead atoms. The first-order valence-electron chi connectivity index (χ1n) is 10.4. The largest absolute Gasteiger partial charge is 0.387 e. The van der Waals surface area contributed by atoms with Crippen molar-refractivity contribution in [3.63, 3.8) is 0 Å². The Morgan fingerprint density at radius 3 is 2.43 bits per heavy atom. The molecule has 0 unspecified atom stereocenters. The van der Waals surface area contributed by atoms with Crippen molar-refractivity contribution in [2.75, 3.05) is 24.5 Å². The molecule has 2 aromatic carbocycles. The van der Waals surface area contributed by atoms with E-state index < -0.39 is 6.10 Å². The van der Waals surface area contributed by atoms with Gasteiger partial charge in [-0.15, -0.1) is 0 Å². The van der Waals surface area contributed by atoms with E-state index >= 15 is 0 Å². The smallest absolute Gasteiger partial charge is 0.226 e. The van der Waals surface area contributed by atoms with Gasteiger partial charge in [0.05, 0.1) is 6.10 Å². The number of anilines is 1. The Hall–Kier alpha value is -2.17. The molecule has 4 nitrogen and oxygen atoms in total. The van der Waals surface area contributed by atoms with Crippen LogP contribution >= 0.6 is 0 Å². The molecular weight excluding hydrogens is 348 g/mol. The van der Waals surface area contributed by atoms with Crippen molar-refractivity contribution in [2.24, 2.45) is 5.92 Å². The molecule has 4 heteroatoms. The third-order valence-electron chi connectivity index (χ3n) is 5.85. The molecule has 0 saturated carbocycles. The number of β-amino-alcohol motifs (C(OH)–C–C–N with tert-alkyl or cyclic N) is 1. The number of piperidine rings is 1. The summed E-state index contributed by atoms with van der Waals surface area (Å²) < 4.78 is 0. The first-order chi connectivity index (χ1) is 13.6. The summed E-state index contributed by atoms with van der Waals surface area (Å²) in [6.07, 6.45) is 2.24. The number of aliphatic hydroxyl groups is 1. The second-order valence-corrected chi connectivity index (χ2v) is 7.78. The lowest BCUT2D eigenvalue weighted by molar-refractivity contribution is -0.119. The van der Waals surface area contributed by atoms with E-state index in [1.165, 1.54) is 0 Å². The Morgan fingerprint density at radius 2 is 1.79 bits per heavy atom. The Labute approximate surface area is 168 Å². The van der Waals surface area contributed by atoms with E-state index in [1.807, 2.05) is 72.5 Å². The zero-order chi connectivity index (χ0) is 19.9. The zero-order valence-electron chi connectivity index (χ0n) is 17.0. The molecule has 1 aliphatic rings. The highest BCUT2D eigenvalue weighted by atomic mass is 16.3. The van der Waals surface area contributed by atoms with Gasteiger partial charge >= 0.3 is 0 Å². The Balaban J connectivity index is 1.68. The van der Waals surface area contributed by atoms with Gasteiger partial charge in [-0.2, -0.15) is 0 Å². The van der Waals surface area contributed by atoms with Gasteiger partial charge in [-0.25, -0.2) is 0 Å². The molecule has 1 heterocycles. The van der Waals surface area contributed by atoms with Gasteiger partial charge < -0.3 is 14.9 Å². The van der Waals surface area contributed by atoms with Crippen molar-refractivity contribution in [3.8, 4) is 0 Å². The minimum atomic E-state index is -0.474. The average Bonchev–Trinajstić information content (AvgIpc) is 2.75. The maximum atomic E-state index is 12.7. The van der Waals surface area contributed by atoms with Gasteiger partial charge in [0.25, 0.3) is 0 Å². The van der Waals surface area contributed by atoms with Crippen LogP contribution in [0.25, 0.3) is 0 Å². The number of rotatable bonds is 7. The van der Waals surface area contributed by atoms with Gasteiger partial charge in [0.1, 0.15) is 0 Å². The van der Waals surface area contributed by atoms with E-state index in [0.29, 0.717) is 18.9 Å². The molecule has 2 aromatic rings. The number of aliphatic hydroxyl groups excluding tert-OH is 1. The standard InChI is InChI=1S/C24H32N2O2/c1-3-24(28)26(22-14-8-5-9-15-22)19(2)21-13-10-16-25(17-21)18-23(27)20-11-6-4-7-12-20/h4-9,11-12,14-15,19,21,23,27H,3,10,13,16-18H2,1-2H3/t19-,21+,23+/m0/s1. The third-order valence-corrected chi connectivity index (χ3v) is 5.85. The second-order valence-electron chi connectivity index (χ2n) is 7.78. The summed E-state index contributed by atoms with van der Waals surface area (Å²) in [4.78, 5) is 17.0. The first-order valence-corrected chi connectivity index (χ1v) is 10.4. The van der Waals surface area contributed by atoms with Crippen molar-refractivity contribution in [3.05, 3.63) is 66.2 Å². The minimum Gasteiger partial charge on any atom is -0.387 e. The quantitative estimate of drug-likeness (QED) is 0.780. The summed E-state index contributed by atoms with van der Waals surface area (Å²) >= 11 is 0. The molecule has 1 aliphatic heterocycles. The summed E-state index contributed by atoms with van der Waals surface area (Å²) in [5.41, 5.74) is 1.94. The molecule has 3 rings (SSSR count). The highest BCUT2D eigenvalue weighted by Gasteiger charge is 2.31. The molecule has 3 atom stereocenters. The van der Waals surface area contributed by atoms with Crippen LogP contribution in [0.2, 0.25) is 0 Å². The number of hydrogen-bond donors (Lipinski definition) is 1. The van der Waals surface area contributed by atoms with Crippen LogP contribution in [0.4, 0.5) is 5.69 Å². The monoisotopic (exact) mass is 380 g/mol. The Kier molecular flexibility index (Phi) is 7.24. The van der Waals surface area contributed by atoms with Crippen LogP contribution in [0, 0.1) is 5.92 Å². The molecule has 0 aromatic heterocycles. The first kappa shape index (κ1) is 20.6. The molecule has 28 heavy (non-hydrogen) atoms. The maximum Gasteiger partial charge on any atom is 0.226 e. The SMILES string of the molecule is CCC(=O)N(c1ccccc1)[C@@H](C)[C@@H]1CCCN(C[C@@H](O)c2ccccc2)C1. The van der Waals surface area contributed by atoms with Gasteiger partial charge in [0, 0.05) is 31.2 Å². The number of carbonyl (C=O) groups is 1. The normalized spacial score (nSPS) is 19.8. The van der Waals surface area contributed by atoms with Crippen molar-refractivity contribution in [1.82, 2.24) is 4.90 Å². The van der Waals surface area contributed by atoms with E-state index in [0.717, 1.165) is 37.2 Å². The Bertz CT molecular complexity index is 735. The lowest BCUT2D eigenvalue weighted by Crippen LogP contribution is -2.49. The fourth-order valence-corrected chi connectivity index (χ4v) is 4.25. The van der Waals surface area contributed by atoms with E-state index in [1.54, 1.807) is 0 Å². The lowest BCUT2D eigenvalue weighted by atomic mass is 9.89. The molecule has 1 saturated heterocycles. The molecule has 0 spiro atoms. The summed E-state index contributed by atoms with van der Waals surface area (Å²) in [5.74, 6) is 0.563. The van der Waals surface area contributed by atoms with Crippen molar-refractivity contribution < 1.29 is 9.90 Å². The van der Waals surface area contributed by atoms with Crippen LogP contribution in [0.1, 0.15) is 44.8 Å². The van der Waals surface area contributed by atoms with Crippen LogP contribution in [-0.2, 0) is 4.79 Å². The second kappa shape index (κ2) is 9.85. The number of hydrogen-bond acceptors (Lipinski definition) is 3. The molecule has 1 N–H and O–H groups in total. The summed E-state index contributed by atoms with van der Waals surface area (Å²) in [7, 11) is 0. The van der Waals surface area contributed by atoms with Crippen molar-refractivity contribution in [2.45, 2.75) is 45.3 Å². The van der Waals surface area contributed by atoms with Gasteiger partial charge in [0.15, 0.2) is 0 Å². The number of para-hydroxylation sites is 1. The predicted molar refractivity (Wildman–Crippen MR) is 114 cm³/mol. The minimum absolute atomic E-state index is 0.131. The fourth-order valence-electron chi connectivity index (χ4n) is 4.25. The molecule has 0 radical (unpaired) electrons. The van der Waals surface area contributed by atoms with Crippen molar-refractivity contribution in [1.29, 1.82) is 0 Å². The molecule has 1 amide bonds. The number of amides is 1. The van der Waals surface area contributed by atoms with E-state index in [9.17, 15) is 9.90 Å². The van der Waals surface area contributed by atoms with Crippen LogP contribution in [0.15, 0.2) is 60.7 Å². The van der Waals surface area contributed by atoms with Crippen LogP contribution in [-0.4, -0.2) is 41.6 Å². The molecule has 0 aliphatic carbocycles. The molecule has 150 valence electrons. The zero-order valence-corrected chi connectivity index (χ0v) is 17.0. The molecular formula is C24H32N2O2. The van der Waals surface area contributed by atoms with Gasteiger partial charge in [-0.1, -0.05) is 55.5 Å². The summed E-state index contributed by atoms with van der Waals surface area (Å²) in [6, 6.07) is 20.0. The third kappa shape index (κ3) is 5.00. The topological polar surface area (TPSA) is 43.8 Å². The predicted octanol–water partition coefficient (Wildman–Crippen LogP) is 4.26. The number of nitrogens with zero attached hydrogens (tertiary/aromatic N) is 2. The fraction of sp³-hybridized carbons (Fsp3) is 0.458. The summed E-state index contributed by atoms with van der Waals surface area (Å²) in [5, 5.41) is 10.6. The summed E-state index contributed by atoms with van der Waals surface area (Å²) in [6.45, 7) is 6.64. The van der Waals surface area contributed by atoms with Crippen LogP contribution in [0.3, 0.4) is 0 Å². The van der Waals surface area contributed by atoms with Gasteiger partial charge in [0.2, 0.25) is 5.91 Å². The maximum absolute atomic E-state index is 12.7.